The minimum Gasteiger partial charge on any atom is -0.545 e. The number of carbonyl (C=O) groups is 4. The number of hydrogen-bond donors (Lipinski definition) is 4. The predicted octanol–water partition coefficient (Wildman–Crippen LogP) is -2.32. The zero-order valence-corrected chi connectivity index (χ0v) is 22.5. The van der Waals surface area contributed by atoms with Crippen molar-refractivity contribution in [2.24, 2.45) is 0 Å². The highest BCUT2D eigenvalue weighted by Gasteiger charge is 2.24. The molecule has 1 aromatic carbocycles. The molecule has 1 saturated heterocycles. The first kappa shape index (κ1) is 32.0. The number of nitrogens with one attached hydrogen (secondary N) is 1. The summed E-state index contributed by atoms with van der Waals surface area (Å²) < 4.78 is 0. The van der Waals surface area contributed by atoms with Gasteiger partial charge in [0.15, 0.2) is 0 Å². The van der Waals surface area contributed by atoms with E-state index >= 15 is 0 Å². The monoisotopic (exact) mass is 572 g/mol. The summed E-state index contributed by atoms with van der Waals surface area (Å²) in [6.45, 7) is 7.54. The summed E-state index contributed by atoms with van der Waals surface area (Å²) in [6, 6.07) is 12.9. The summed E-state index contributed by atoms with van der Waals surface area (Å²) in [7, 11) is 0. The predicted molar refractivity (Wildman–Crippen MR) is 142 cm³/mol. The van der Waals surface area contributed by atoms with Crippen molar-refractivity contribution in [3.05, 3.63) is 66.9 Å². The number of nitrogens with zero attached hydrogens (tertiary/aromatic N) is 2. The van der Waals surface area contributed by atoms with E-state index in [0.717, 1.165) is 12.4 Å². The van der Waals surface area contributed by atoms with Crippen LogP contribution in [0, 0.1) is 0 Å². The molecule has 2 aliphatic heterocycles. The van der Waals surface area contributed by atoms with Gasteiger partial charge in [0, 0.05) is 42.6 Å². The third kappa shape index (κ3) is 12.1. The average molecular weight is 573 g/mol. The van der Waals surface area contributed by atoms with Crippen LogP contribution in [0.3, 0.4) is 0 Å². The second-order valence-corrected chi connectivity index (χ2v) is 9.68. The van der Waals surface area contributed by atoms with Gasteiger partial charge in [0.05, 0.1) is 42.2 Å². The molecule has 12 nitrogen and oxygen atoms in total. The number of benzene rings is 1. The average Bonchev–Trinajstić information content (AvgIpc) is 3.20. The maximum Gasteiger partial charge on any atom is 0.328 e. The van der Waals surface area contributed by atoms with E-state index in [1.807, 2.05) is 24.0 Å². The van der Waals surface area contributed by atoms with Gasteiger partial charge in [0.25, 0.3) is 0 Å². The summed E-state index contributed by atoms with van der Waals surface area (Å²) in [5.74, 6) is -4.48. The number of fused-ring (bicyclic) bond motifs is 2. The third-order valence-corrected chi connectivity index (χ3v) is 6.76. The molecule has 2 aromatic rings. The summed E-state index contributed by atoms with van der Waals surface area (Å²) in [5.41, 5.74) is 1.31. The number of hydrogen-bond acceptors (Lipinski definition) is 9. The van der Waals surface area contributed by atoms with E-state index in [9.17, 15) is 29.4 Å². The number of anilines is 2. The second-order valence-electron chi connectivity index (χ2n) is 8.60. The van der Waals surface area contributed by atoms with E-state index in [4.69, 9.17) is 10.2 Å². The lowest BCUT2D eigenvalue weighted by atomic mass is 10.2. The molecule has 0 amide bonds. The molecule has 0 radical (unpaired) electrons. The van der Waals surface area contributed by atoms with Gasteiger partial charge < -0.3 is 45.1 Å². The van der Waals surface area contributed by atoms with Crippen LogP contribution in [-0.4, -0.2) is 78.3 Å². The van der Waals surface area contributed by atoms with Crippen LogP contribution in [0.15, 0.2) is 76.7 Å². The van der Waals surface area contributed by atoms with Crippen molar-refractivity contribution >= 4 is 47.1 Å². The first-order valence-corrected chi connectivity index (χ1v) is 13.4. The molecule has 0 saturated carbocycles. The molecule has 0 aliphatic carbocycles. The number of carboxylic acids is 4. The van der Waals surface area contributed by atoms with Crippen molar-refractivity contribution in [3.63, 3.8) is 0 Å². The van der Waals surface area contributed by atoms with Crippen LogP contribution in [0.5, 0.6) is 0 Å². The Labute approximate surface area is 235 Å². The topological polar surface area (TPSA) is 192 Å². The lowest BCUT2D eigenvalue weighted by Gasteiger charge is -2.31. The van der Waals surface area contributed by atoms with Crippen LogP contribution in [-0.2, 0) is 19.2 Å². The Bertz CT molecular complexity index is 1100. The Kier molecular flexibility index (Phi) is 13.9. The molecule has 214 valence electrons. The van der Waals surface area contributed by atoms with Gasteiger partial charge in [-0.1, -0.05) is 23.9 Å². The fraction of sp³-hybridized carbons (Fsp3) is 0.296. The molecular weight excluding hydrogens is 540 g/mol. The van der Waals surface area contributed by atoms with Gasteiger partial charge in [-0.2, -0.15) is 0 Å². The lowest BCUT2D eigenvalue weighted by molar-refractivity contribution is -0.904. The van der Waals surface area contributed by atoms with Gasteiger partial charge in [0.1, 0.15) is 18.9 Å². The van der Waals surface area contributed by atoms with Gasteiger partial charge in [-0.15, -0.1) is 0 Å². The third-order valence-electron chi connectivity index (χ3n) is 5.66. The minimum atomic E-state index is -1.51. The normalized spacial score (nSPS) is 15.9. The molecule has 4 rings (SSSR count). The Morgan fingerprint density at radius 1 is 0.925 bits per heavy atom. The number of carbonyl (C=O) groups excluding carboxylic acids is 2. The fourth-order valence-corrected chi connectivity index (χ4v) is 5.04. The van der Waals surface area contributed by atoms with E-state index in [1.165, 1.54) is 61.0 Å². The molecule has 2 aliphatic rings. The van der Waals surface area contributed by atoms with Crippen LogP contribution in [0.1, 0.15) is 12.8 Å². The van der Waals surface area contributed by atoms with Crippen molar-refractivity contribution < 1.29 is 49.8 Å². The van der Waals surface area contributed by atoms with Gasteiger partial charge >= 0.3 is 11.9 Å². The molecule has 3 heterocycles. The number of pyridine rings is 1. The van der Waals surface area contributed by atoms with Gasteiger partial charge in [-0.05, 0) is 36.4 Å². The van der Waals surface area contributed by atoms with Crippen molar-refractivity contribution in [2.45, 2.75) is 22.6 Å². The second kappa shape index (κ2) is 17.4. The Morgan fingerprint density at radius 3 is 2.20 bits per heavy atom. The van der Waals surface area contributed by atoms with E-state index < -0.39 is 23.9 Å². The minimum absolute atomic E-state index is 0.447. The molecule has 5 N–H and O–H groups in total. The smallest absolute Gasteiger partial charge is 0.328 e. The Morgan fingerprint density at radius 2 is 1.57 bits per heavy atom. The summed E-state index contributed by atoms with van der Waals surface area (Å²) in [4.78, 5) is 49.4. The molecular formula is C27H32N4O8S. The molecule has 0 spiro atoms. The fourth-order valence-electron chi connectivity index (χ4n) is 3.98. The molecule has 1 unspecified atom stereocenters. The zero-order chi connectivity index (χ0) is 29.3. The number of carboxylic acid groups (broad SMARTS) is 4. The number of nitrogens with two attached hydrogens (primary N) is 1. The summed E-state index contributed by atoms with van der Waals surface area (Å²) in [6.07, 6.45) is 6.36. The maximum atomic E-state index is 9.53. The van der Waals surface area contributed by atoms with Crippen LogP contribution < -0.4 is 25.3 Å². The summed E-state index contributed by atoms with van der Waals surface area (Å²) in [5, 5.41) is 36.9. The van der Waals surface area contributed by atoms with Crippen molar-refractivity contribution in [3.8, 4) is 0 Å². The lowest BCUT2D eigenvalue weighted by Crippen LogP contribution is -3.13. The molecule has 40 heavy (non-hydrogen) atoms. The molecule has 1 fully saturated rings. The van der Waals surface area contributed by atoms with Crippen molar-refractivity contribution in [1.82, 2.24) is 4.98 Å². The highest BCUT2D eigenvalue weighted by atomic mass is 32.2. The summed E-state index contributed by atoms with van der Waals surface area (Å²) >= 11 is 1.84. The van der Waals surface area contributed by atoms with E-state index in [1.54, 1.807) is 4.90 Å². The molecule has 1 atom stereocenters. The first-order chi connectivity index (χ1) is 19.2. The molecule has 1 aromatic heterocycles. The largest absolute Gasteiger partial charge is 0.545 e. The highest BCUT2D eigenvalue weighted by molar-refractivity contribution is 7.99. The van der Waals surface area contributed by atoms with E-state index in [2.05, 4.69) is 45.5 Å². The molecule has 13 heteroatoms. The Balaban J connectivity index is 0.000000290. The maximum absolute atomic E-state index is 9.53. The van der Waals surface area contributed by atoms with Gasteiger partial charge in [-0.3, -0.25) is 0 Å². The molecule has 0 bridgehead atoms. The van der Waals surface area contributed by atoms with Crippen LogP contribution in [0.2, 0.25) is 0 Å². The Hall–Kier alpha value is -4.20. The SMILES string of the molecule is O=C([O-])/C=C/C(=O)O.O=C([O-])/C=C/C(=O)O.c1ccc2c(c1)Sc1cccnc1N2CCC[NH+]1CCC[NH2+]CC1. The van der Waals surface area contributed by atoms with E-state index in [0.29, 0.717) is 24.3 Å². The van der Waals surface area contributed by atoms with Crippen molar-refractivity contribution in [1.29, 1.82) is 0 Å². The number of para-hydroxylation sites is 1. The number of aromatic nitrogens is 1. The first-order valence-electron chi connectivity index (χ1n) is 12.6. The van der Waals surface area contributed by atoms with Crippen LogP contribution >= 0.6 is 11.8 Å². The van der Waals surface area contributed by atoms with Gasteiger partial charge in [0.2, 0.25) is 0 Å². The standard InChI is InChI=1S/C19H24N4S.2C4H4O4/c1-2-7-17-16(6-1)23(19-18(24-17)8-3-10-21-19)14-5-13-22-12-4-9-20-11-15-22;2*5-3(6)1-2-4(7)8/h1-3,6-8,10,20H,4-5,9,11-15H2;2*1-2H,(H,5,6)(H,7,8)/b;2*2-1+. The zero-order valence-electron chi connectivity index (χ0n) is 21.7. The van der Waals surface area contributed by atoms with Crippen LogP contribution in [0.25, 0.3) is 0 Å². The number of aliphatic carboxylic acids is 4. The van der Waals surface area contributed by atoms with Crippen LogP contribution in [0.4, 0.5) is 11.5 Å². The number of rotatable bonds is 8. The number of quaternary nitrogens is 2. The van der Waals surface area contributed by atoms with E-state index in [-0.39, 0.29) is 0 Å². The highest BCUT2D eigenvalue weighted by Crippen LogP contribution is 2.46. The van der Waals surface area contributed by atoms with Crippen molar-refractivity contribution in [2.75, 3.05) is 44.2 Å². The quantitative estimate of drug-likeness (QED) is 0.248. The van der Waals surface area contributed by atoms with Gasteiger partial charge in [-0.25, -0.2) is 14.6 Å².